The predicted octanol–water partition coefficient (Wildman–Crippen LogP) is 2.59. The Bertz CT molecular complexity index is 293. The first-order valence-corrected chi connectivity index (χ1v) is 9.32. The van der Waals surface area contributed by atoms with Gasteiger partial charge in [0.05, 0.1) is 6.54 Å². The molecule has 2 saturated heterocycles. The van der Waals surface area contributed by atoms with Gasteiger partial charge in [0, 0.05) is 7.05 Å². The standard InChI is InChI=1S/C16H31N3O.C2H6/c1-14-3-8-18(9-4-14)10-5-15-6-11-19(12-7-15)13-16(20)17-2;1-2/h14-15H,3-13H2,1-2H3,(H,17,20);1-2H3. The van der Waals surface area contributed by atoms with Crippen LogP contribution >= 0.6 is 0 Å². The van der Waals surface area contributed by atoms with Crippen molar-refractivity contribution in [1.29, 1.82) is 0 Å². The molecule has 4 nitrogen and oxygen atoms in total. The van der Waals surface area contributed by atoms with E-state index < -0.39 is 0 Å². The van der Waals surface area contributed by atoms with Crippen molar-refractivity contribution in [2.75, 3.05) is 46.3 Å². The van der Waals surface area contributed by atoms with E-state index in [1.54, 1.807) is 7.05 Å². The molecule has 2 fully saturated rings. The van der Waals surface area contributed by atoms with E-state index in [1.165, 1.54) is 51.7 Å². The molecule has 0 aromatic rings. The van der Waals surface area contributed by atoms with Gasteiger partial charge in [-0.1, -0.05) is 20.8 Å². The molecule has 0 aromatic heterocycles. The van der Waals surface area contributed by atoms with Crippen LogP contribution in [0.1, 0.15) is 52.9 Å². The van der Waals surface area contributed by atoms with E-state index in [1.807, 2.05) is 13.8 Å². The Morgan fingerprint density at radius 1 is 1.00 bits per heavy atom. The summed E-state index contributed by atoms with van der Waals surface area (Å²) in [5.74, 6) is 1.94. The molecule has 0 aliphatic carbocycles. The third-order valence-electron chi connectivity index (χ3n) is 5.08. The van der Waals surface area contributed by atoms with Crippen molar-refractivity contribution in [2.45, 2.75) is 52.9 Å². The van der Waals surface area contributed by atoms with Gasteiger partial charge in [-0.3, -0.25) is 9.69 Å². The summed E-state index contributed by atoms with van der Waals surface area (Å²) < 4.78 is 0. The fourth-order valence-corrected chi connectivity index (χ4v) is 3.37. The summed E-state index contributed by atoms with van der Waals surface area (Å²) in [5, 5.41) is 2.71. The molecular weight excluding hydrogens is 274 g/mol. The second kappa shape index (κ2) is 11.0. The summed E-state index contributed by atoms with van der Waals surface area (Å²) in [6, 6.07) is 0. The van der Waals surface area contributed by atoms with Gasteiger partial charge < -0.3 is 10.2 Å². The quantitative estimate of drug-likeness (QED) is 0.848. The lowest BCUT2D eigenvalue weighted by molar-refractivity contribution is -0.122. The molecular formula is C18H37N3O. The molecule has 0 aromatic carbocycles. The van der Waals surface area contributed by atoms with E-state index in [2.05, 4.69) is 22.0 Å². The fourth-order valence-electron chi connectivity index (χ4n) is 3.37. The number of amides is 1. The van der Waals surface area contributed by atoms with Crippen molar-refractivity contribution < 1.29 is 4.79 Å². The highest BCUT2D eigenvalue weighted by atomic mass is 16.1. The zero-order chi connectivity index (χ0) is 16.4. The number of carbonyl (C=O) groups is 1. The zero-order valence-corrected chi connectivity index (χ0v) is 15.2. The molecule has 0 spiro atoms. The molecule has 1 amide bonds. The van der Waals surface area contributed by atoms with Gasteiger partial charge in [0.2, 0.25) is 5.91 Å². The van der Waals surface area contributed by atoms with Crippen LogP contribution in [-0.2, 0) is 4.79 Å². The zero-order valence-electron chi connectivity index (χ0n) is 15.2. The molecule has 0 radical (unpaired) electrons. The van der Waals surface area contributed by atoms with Gasteiger partial charge in [-0.2, -0.15) is 0 Å². The fraction of sp³-hybridized carbons (Fsp3) is 0.944. The van der Waals surface area contributed by atoms with Gasteiger partial charge >= 0.3 is 0 Å². The molecule has 2 rings (SSSR count). The first-order valence-electron chi connectivity index (χ1n) is 9.32. The Kier molecular flexibility index (Phi) is 9.73. The molecule has 2 aliphatic heterocycles. The molecule has 1 N–H and O–H groups in total. The Hall–Kier alpha value is -0.610. The third kappa shape index (κ3) is 7.10. The summed E-state index contributed by atoms with van der Waals surface area (Å²) >= 11 is 0. The summed E-state index contributed by atoms with van der Waals surface area (Å²) in [7, 11) is 1.72. The molecule has 0 bridgehead atoms. The van der Waals surface area contributed by atoms with Gasteiger partial charge in [-0.15, -0.1) is 0 Å². The second-order valence-corrected chi connectivity index (χ2v) is 6.71. The average Bonchev–Trinajstić information content (AvgIpc) is 2.57. The normalized spacial score (nSPS) is 22.0. The third-order valence-corrected chi connectivity index (χ3v) is 5.08. The van der Waals surface area contributed by atoms with E-state index in [9.17, 15) is 4.79 Å². The summed E-state index contributed by atoms with van der Waals surface area (Å²) in [6.07, 6.45) is 6.64. The number of hydrogen-bond donors (Lipinski definition) is 1. The Morgan fingerprint density at radius 2 is 1.55 bits per heavy atom. The van der Waals surface area contributed by atoms with E-state index in [4.69, 9.17) is 0 Å². The van der Waals surface area contributed by atoms with Crippen molar-refractivity contribution in [3.8, 4) is 0 Å². The van der Waals surface area contributed by atoms with Crippen LogP contribution in [0.15, 0.2) is 0 Å². The predicted molar refractivity (Wildman–Crippen MR) is 94.0 cm³/mol. The number of piperidine rings is 2. The van der Waals surface area contributed by atoms with Crippen LogP contribution in [-0.4, -0.2) is 62.0 Å². The van der Waals surface area contributed by atoms with E-state index in [0.29, 0.717) is 6.54 Å². The Morgan fingerprint density at radius 3 is 2.09 bits per heavy atom. The van der Waals surface area contributed by atoms with Crippen LogP contribution in [0.3, 0.4) is 0 Å². The largest absolute Gasteiger partial charge is 0.358 e. The SMILES string of the molecule is CC.CNC(=O)CN1CCC(CCN2CCC(C)CC2)CC1. The Balaban J connectivity index is 0.00000116. The maximum atomic E-state index is 11.4. The maximum absolute atomic E-state index is 11.4. The van der Waals surface area contributed by atoms with E-state index in [0.717, 1.165) is 24.9 Å². The number of carbonyl (C=O) groups excluding carboxylic acids is 1. The molecule has 0 unspecified atom stereocenters. The molecule has 4 heteroatoms. The first kappa shape index (κ1) is 19.4. The van der Waals surface area contributed by atoms with E-state index >= 15 is 0 Å². The van der Waals surface area contributed by atoms with Crippen LogP contribution in [0.4, 0.5) is 0 Å². The number of hydrogen-bond acceptors (Lipinski definition) is 3. The van der Waals surface area contributed by atoms with Gasteiger partial charge in [0.15, 0.2) is 0 Å². The lowest BCUT2D eigenvalue weighted by atomic mass is 9.92. The lowest BCUT2D eigenvalue weighted by Crippen LogP contribution is -2.41. The minimum atomic E-state index is 0.144. The van der Waals surface area contributed by atoms with Crippen molar-refractivity contribution in [2.24, 2.45) is 11.8 Å². The number of likely N-dealkylation sites (N-methyl/N-ethyl adjacent to an activating group) is 1. The van der Waals surface area contributed by atoms with Crippen molar-refractivity contribution in [3.05, 3.63) is 0 Å². The highest BCUT2D eigenvalue weighted by molar-refractivity contribution is 5.77. The number of nitrogens with one attached hydrogen (secondary N) is 1. The summed E-state index contributed by atoms with van der Waals surface area (Å²) in [4.78, 5) is 16.3. The number of likely N-dealkylation sites (tertiary alicyclic amines) is 2. The summed E-state index contributed by atoms with van der Waals surface area (Å²) in [5.41, 5.74) is 0. The molecule has 2 heterocycles. The van der Waals surface area contributed by atoms with Gasteiger partial charge in [0.25, 0.3) is 0 Å². The van der Waals surface area contributed by atoms with E-state index in [-0.39, 0.29) is 5.91 Å². The van der Waals surface area contributed by atoms with Crippen LogP contribution < -0.4 is 5.32 Å². The number of rotatable bonds is 5. The highest BCUT2D eigenvalue weighted by Crippen LogP contribution is 2.22. The van der Waals surface area contributed by atoms with Crippen molar-refractivity contribution in [3.63, 3.8) is 0 Å². The van der Waals surface area contributed by atoms with Crippen molar-refractivity contribution >= 4 is 5.91 Å². The van der Waals surface area contributed by atoms with Crippen LogP contribution in [0, 0.1) is 11.8 Å². The monoisotopic (exact) mass is 311 g/mol. The minimum Gasteiger partial charge on any atom is -0.358 e. The molecule has 130 valence electrons. The van der Waals surface area contributed by atoms with Crippen LogP contribution in [0.5, 0.6) is 0 Å². The van der Waals surface area contributed by atoms with Gasteiger partial charge in [-0.25, -0.2) is 0 Å². The molecule has 22 heavy (non-hydrogen) atoms. The molecule has 2 aliphatic rings. The van der Waals surface area contributed by atoms with Gasteiger partial charge in [0.1, 0.15) is 0 Å². The first-order chi connectivity index (χ1) is 10.7. The summed E-state index contributed by atoms with van der Waals surface area (Å²) in [6.45, 7) is 13.0. The number of nitrogens with zero attached hydrogens (tertiary/aromatic N) is 2. The minimum absolute atomic E-state index is 0.144. The average molecular weight is 312 g/mol. The maximum Gasteiger partial charge on any atom is 0.233 e. The topological polar surface area (TPSA) is 35.6 Å². The lowest BCUT2D eigenvalue weighted by Gasteiger charge is -2.34. The Labute approximate surface area is 137 Å². The van der Waals surface area contributed by atoms with Crippen LogP contribution in [0.25, 0.3) is 0 Å². The smallest absolute Gasteiger partial charge is 0.233 e. The molecule has 0 saturated carbocycles. The van der Waals surface area contributed by atoms with Crippen molar-refractivity contribution in [1.82, 2.24) is 15.1 Å². The molecule has 0 atom stereocenters. The second-order valence-electron chi connectivity index (χ2n) is 6.71. The van der Waals surface area contributed by atoms with Crippen LogP contribution in [0.2, 0.25) is 0 Å². The highest BCUT2D eigenvalue weighted by Gasteiger charge is 2.22. The van der Waals surface area contributed by atoms with Gasteiger partial charge in [-0.05, 0) is 76.7 Å².